The lowest BCUT2D eigenvalue weighted by Gasteiger charge is -2.51. The number of halogens is 1. The van der Waals surface area contributed by atoms with E-state index in [0.717, 1.165) is 51.0 Å². The molecule has 0 aliphatic carbocycles. The van der Waals surface area contributed by atoms with E-state index in [2.05, 4.69) is 4.90 Å². The molecule has 5 heteroatoms. The predicted molar refractivity (Wildman–Crippen MR) is 105 cm³/mol. The van der Waals surface area contributed by atoms with Crippen LogP contribution in [0.25, 0.3) is 0 Å². The fraction of sp³-hybridized carbons (Fsp3) is 0.591. The van der Waals surface area contributed by atoms with Gasteiger partial charge in [0, 0.05) is 38.6 Å². The van der Waals surface area contributed by atoms with Crippen molar-refractivity contribution in [2.75, 3.05) is 32.8 Å². The molecule has 27 heavy (non-hydrogen) atoms. The predicted octanol–water partition coefficient (Wildman–Crippen LogP) is 3.21. The van der Waals surface area contributed by atoms with Crippen molar-refractivity contribution in [3.8, 4) is 0 Å². The second kappa shape index (κ2) is 8.98. The van der Waals surface area contributed by atoms with Gasteiger partial charge in [0.25, 0.3) is 0 Å². The molecule has 1 unspecified atom stereocenters. The molecule has 2 aliphatic heterocycles. The lowest BCUT2D eigenvalue weighted by molar-refractivity contribution is -0.137. The topological polar surface area (TPSA) is 43.8 Å². The number of allylic oxidation sites excluding steroid dienone is 1. The molecule has 1 N–H and O–H groups in total. The van der Waals surface area contributed by atoms with Crippen molar-refractivity contribution in [1.29, 1.82) is 0 Å². The molecule has 2 fully saturated rings. The summed E-state index contributed by atoms with van der Waals surface area (Å²) < 4.78 is 13.4. The second-order valence-corrected chi connectivity index (χ2v) is 8.01. The Morgan fingerprint density at radius 2 is 2.04 bits per heavy atom. The van der Waals surface area contributed by atoms with Crippen LogP contribution in [0.3, 0.4) is 0 Å². The van der Waals surface area contributed by atoms with Gasteiger partial charge in [-0.05, 0) is 62.4 Å². The molecule has 1 aromatic rings. The van der Waals surface area contributed by atoms with Crippen molar-refractivity contribution >= 4 is 5.91 Å². The lowest BCUT2D eigenvalue weighted by atomic mass is 9.64. The van der Waals surface area contributed by atoms with E-state index in [1.165, 1.54) is 6.07 Å². The zero-order valence-corrected chi connectivity index (χ0v) is 16.2. The van der Waals surface area contributed by atoms with Crippen molar-refractivity contribution in [3.05, 3.63) is 47.8 Å². The van der Waals surface area contributed by atoms with Gasteiger partial charge in [0.15, 0.2) is 0 Å². The number of amides is 1. The minimum Gasteiger partial charge on any atom is -0.396 e. The van der Waals surface area contributed by atoms with Crippen molar-refractivity contribution in [1.82, 2.24) is 9.80 Å². The molecule has 1 spiro atoms. The Kier molecular flexibility index (Phi) is 6.66. The summed E-state index contributed by atoms with van der Waals surface area (Å²) in [4.78, 5) is 16.6. The average Bonchev–Trinajstić information content (AvgIpc) is 2.68. The van der Waals surface area contributed by atoms with Crippen LogP contribution in [0, 0.1) is 17.2 Å². The molecule has 1 atom stereocenters. The van der Waals surface area contributed by atoms with E-state index in [9.17, 15) is 14.3 Å². The van der Waals surface area contributed by atoms with Gasteiger partial charge in [-0.3, -0.25) is 9.69 Å². The molecule has 0 saturated carbocycles. The van der Waals surface area contributed by atoms with Crippen LogP contribution in [0.2, 0.25) is 0 Å². The van der Waals surface area contributed by atoms with Crippen LogP contribution in [0.15, 0.2) is 36.4 Å². The zero-order valence-electron chi connectivity index (χ0n) is 16.2. The van der Waals surface area contributed by atoms with Gasteiger partial charge in [-0.15, -0.1) is 0 Å². The van der Waals surface area contributed by atoms with Crippen LogP contribution in [-0.2, 0) is 11.3 Å². The van der Waals surface area contributed by atoms with E-state index >= 15 is 0 Å². The summed E-state index contributed by atoms with van der Waals surface area (Å²) >= 11 is 0. The highest BCUT2D eigenvalue weighted by molar-refractivity contribution is 5.77. The van der Waals surface area contributed by atoms with Gasteiger partial charge in [-0.1, -0.05) is 24.3 Å². The summed E-state index contributed by atoms with van der Waals surface area (Å²) in [6.07, 6.45) is 7.28. The Hall–Kier alpha value is -1.72. The maximum atomic E-state index is 13.4. The second-order valence-electron chi connectivity index (χ2n) is 8.01. The van der Waals surface area contributed by atoms with Gasteiger partial charge in [-0.2, -0.15) is 0 Å². The smallest absolute Gasteiger partial charge is 0.226 e. The van der Waals surface area contributed by atoms with E-state index < -0.39 is 0 Å². The number of piperidine rings is 2. The van der Waals surface area contributed by atoms with Crippen molar-refractivity contribution in [2.24, 2.45) is 11.3 Å². The van der Waals surface area contributed by atoms with Gasteiger partial charge < -0.3 is 10.0 Å². The van der Waals surface area contributed by atoms with Crippen LogP contribution >= 0.6 is 0 Å². The molecule has 0 aromatic heterocycles. The third-order valence-corrected chi connectivity index (χ3v) is 6.43. The molecule has 3 rings (SSSR count). The molecular weight excluding hydrogens is 343 g/mol. The molecular formula is C22H31FN2O2. The number of carbonyl (C=O) groups is 1. The summed E-state index contributed by atoms with van der Waals surface area (Å²) in [5, 5.41) is 10.0. The van der Waals surface area contributed by atoms with Gasteiger partial charge in [0.2, 0.25) is 5.91 Å². The monoisotopic (exact) mass is 374 g/mol. The van der Waals surface area contributed by atoms with Crippen LogP contribution < -0.4 is 0 Å². The van der Waals surface area contributed by atoms with Crippen LogP contribution in [0.4, 0.5) is 4.39 Å². The van der Waals surface area contributed by atoms with Gasteiger partial charge in [0.05, 0.1) is 0 Å². The molecule has 1 amide bonds. The number of rotatable bonds is 5. The van der Waals surface area contributed by atoms with E-state index in [-0.39, 0.29) is 29.7 Å². The molecule has 2 aliphatic rings. The molecule has 0 bridgehead atoms. The molecule has 4 nitrogen and oxygen atoms in total. The molecule has 2 heterocycles. The highest BCUT2D eigenvalue weighted by Gasteiger charge is 2.45. The van der Waals surface area contributed by atoms with E-state index in [1.807, 2.05) is 30.0 Å². The highest BCUT2D eigenvalue weighted by Crippen LogP contribution is 2.45. The van der Waals surface area contributed by atoms with Crippen molar-refractivity contribution < 1.29 is 14.3 Å². The average molecular weight is 375 g/mol. The minimum atomic E-state index is -0.184. The number of hydrogen-bond donors (Lipinski definition) is 1. The first kappa shape index (κ1) is 20.0. The summed E-state index contributed by atoms with van der Waals surface area (Å²) in [7, 11) is 0. The maximum Gasteiger partial charge on any atom is 0.226 e. The standard InChI is InChI=1S/C22H31FN2O2/c1-2-3-7-21(27)25-13-10-22(19(16-25)17-26)8-11-24(12-9-22)15-18-5-4-6-20(23)14-18/h2-6,14,19,26H,7-13,15-17H2,1H3. The van der Waals surface area contributed by atoms with Crippen LogP contribution in [0.1, 0.15) is 38.2 Å². The van der Waals surface area contributed by atoms with E-state index in [1.54, 1.807) is 12.1 Å². The Morgan fingerprint density at radius 3 is 2.70 bits per heavy atom. The maximum absolute atomic E-state index is 13.4. The summed E-state index contributed by atoms with van der Waals surface area (Å²) in [6.45, 7) is 6.20. The molecule has 148 valence electrons. The number of nitrogens with zero attached hydrogens (tertiary/aromatic N) is 2. The number of carbonyl (C=O) groups excluding carboxylic acids is 1. The van der Waals surface area contributed by atoms with E-state index in [0.29, 0.717) is 13.0 Å². The Labute approximate surface area is 161 Å². The molecule has 1 aromatic carbocycles. The van der Waals surface area contributed by atoms with Gasteiger partial charge >= 0.3 is 0 Å². The summed E-state index contributed by atoms with van der Waals surface area (Å²) in [6, 6.07) is 6.82. The van der Waals surface area contributed by atoms with Crippen LogP contribution in [-0.4, -0.2) is 53.6 Å². The van der Waals surface area contributed by atoms with Gasteiger partial charge in [0.1, 0.15) is 5.82 Å². The highest BCUT2D eigenvalue weighted by atomic mass is 19.1. The number of likely N-dealkylation sites (tertiary alicyclic amines) is 2. The Balaban J connectivity index is 1.57. The fourth-order valence-corrected chi connectivity index (χ4v) is 4.65. The van der Waals surface area contributed by atoms with Crippen molar-refractivity contribution in [3.63, 3.8) is 0 Å². The number of aliphatic hydroxyl groups is 1. The zero-order chi connectivity index (χ0) is 19.3. The number of hydrogen-bond acceptors (Lipinski definition) is 3. The quantitative estimate of drug-likeness (QED) is 0.805. The number of benzene rings is 1. The SMILES string of the molecule is CC=CCC(=O)N1CCC2(CCN(Cc3cccc(F)c3)CC2)C(CO)C1. The summed E-state index contributed by atoms with van der Waals surface area (Å²) in [5.74, 6) is 0.123. The Morgan fingerprint density at radius 1 is 1.30 bits per heavy atom. The normalized spacial score (nSPS) is 23.2. The Bertz CT molecular complexity index is 668. The third-order valence-electron chi connectivity index (χ3n) is 6.43. The molecule has 0 radical (unpaired) electrons. The summed E-state index contributed by atoms with van der Waals surface area (Å²) in [5.41, 5.74) is 1.14. The largest absolute Gasteiger partial charge is 0.396 e. The molecule has 2 saturated heterocycles. The number of aliphatic hydroxyl groups excluding tert-OH is 1. The third kappa shape index (κ3) is 4.77. The van der Waals surface area contributed by atoms with Gasteiger partial charge in [-0.25, -0.2) is 4.39 Å². The lowest BCUT2D eigenvalue weighted by Crippen LogP contribution is -2.54. The first-order valence-corrected chi connectivity index (χ1v) is 10.0. The first-order chi connectivity index (χ1) is 13.1. The fourth-order valence-electron chi connectivity index (χ4n) is 4.65. The van der Waals surface area contributed by atoms with Crippen LogP contribution in [0.5, 0.6) is 0 Å². The first-order valence-electron chi connectivity index (χ1n) is 10.0. The van der Waals surface area contributed by atoms with E-state index in [4.69, 9.17) is 0 Å². The minimum absolute atomic E-state index is 0.130. The van der Waals surface area contributed by atoms with Crippen molar-refractivity contribution in [2.45, 2.75) is 39.2 Å².